The van der Waals surface area contributed by atoms with E-state index in [9.17, 15) is 8.42 Å². The highest BCUT2D eigenvalue weighted by Gasteiger charge is 2.21. The van der Waals surface area contributed by atoms with Crippen LogP contribution in [0.4, 0.5) is 0 Å². The van der Waals surface area contributed by atoms with Gasteiger partial charge in [0.05, 0.1) is 6.61 Å². The molecule has 2 heterocycles. The summed E-state index contributed by atoms with van der Waals surface area (Å²) >= 11 is 0. The minimum atomic E-state index is -3.36. The molecule has 0 atom stereocenters. The Labute approximate surface area is 81.0 Å². The van der Waals surface area contributed by atoms with Crippen molar-refractivity contribution in [3.05, 3.63) is 29.6 Å². The van der Waals surface area contributed by atoms with Gasteiger partial charge in [0.15, 0.2) is 5.03 Å². The first-order chi connectivity index (χ1) is 6.68. The molecule has 1 aromatic rings. The maximum atomic E-state index is 11.6. The van der Waals surface area contributed by atoms with Crippen LogP contribution in [0.5, 0.6) is 0 Å². The van der Waals surface area contributed by atoms with Gasteiger partial charge in [-0.1, -0.05) is 0 Å². The van der Waals surface area contributed by atoms with Crippen LogP contribution in [-0.2, 0) is 20.6 Å². The van der Waals surface area contributed by atoms with Crippen molar-refractivity contribution in [3.63, 3.8) is 0 Å². The van der Waals surface area contributed by atoms with E-state index in [1.807, 2.05) is 0 Å². The van der Waals surface area contributed by atoms with Gasteiger partial charge in [-0.15, -0.1) is 0 Å². The molecule has 0 spiro atoms. The van der Waals surface area contributed by atoms with Crippen molar-refractivity contribution >= 4 is 9.84 Å². The van der Waals surface area contributed by atoms with E-state index >= 15 is 0 Å². The number of sulfone groups is 1. The fourth-order valence-corrected chi connectivity index (χ4v) is 2.23. The van der Waals surface area contributed by atoms with Crippen LogP contribution in [-0.4, -0.2) is 24.8 Å². The molecule has 0 aliphatic carbocycles. The molecule has 6 nitrogen and oxygen atoms in total. The molecule has 1 N–H and O–H groups in total. The first-order valence-electron chi connectivity index (χ1n) is 3.97. The lowest BCUT2D eigenvalue weighted by Crippen LogP contribution is -2.20. The molecule has 0 amide bonds. The number of hydrogen-bond acceptors (Lipinski definition) is 5. The summed E-state index contributed by atoms with van der Waals surface area (Å²) in [6.45, 7) is 0.271. The van der Waals surface area contributed by atoms with Crippen molar-refractivity contribution in [3.8, 4) is 0 Å². The second kappa shape index (κ2) is 3.43. The highest BCUT2D eigenvalue weighted by atomic mass is 32.2. The zero-order valence-corrected chi connectivity index (χ0v) is 8.07. The summed E-state index contributed by atoms with van der Waals surface area (Å²) in [5.41, 5.74) is 2.34. The van der Waals surface area contributed by atoms with Crippen molar-refractivity contribution in [1.82, 2.24) is 15.3 Å². The number of nitrogens with one attached hydrogen (secondary N) is 1. The molecule has 0 aromatic carbocycles. The van der Waals surface area contributed by atoms with Gasteiger partial charge >= 0.3 is 0 Å². The highest BCUT2D eigenvalue weighted by molar-refractivity contribution is 7.94. The Morgan fingerprint density at radius 1 is 1.64 bits per heavy atom. The zero-order chi connectivity index (χ0) is 10.0. The Morgan fingerprint density at radius 2 is 2.50 bits per heavy atom. The lowest BCUT2D eigenvalue weighted by Gasteiger charge is -2.05. The van der Waals surface area contributed by atoms with E-state index < -0.39 is 9.84 Å². The Bertz CT molecular complexity index is 435. The van der Waals surface area contributed by atoms with Crippen LogP contribution in [0.25, 0.3) is 0 Å². The van der Waals surface area contributed by atoms with Gasteiger partial charge in [0.2, 0.25) is 9.84 Å². The predicted molar refractivity (Wildman–Crippen MR) is 48.3 cm³/mol. The van der Waals surface area contributed by atoms with Crippen molar-refractivity contribution in [1.29, 1.82) is 0 Å². The van der Waals surface area contributed by atoms with Gasteiger partial charge in [0.25, 0.3) is 0 Å². The Morgan fingerprint density at radius 3 is 3.07 bits per heavy atom. The molecule has 1 aromatic heterocycles. The molecule has 7 heteroatoms. The molecule has 0 radical (unpaired) electrons. The van der Waals surface area contributed by atoms with Crippen molar-refractivity contribution in [2.24, 2.45) is 0 Å². The molecule has 76 valence electrons. The predicted octanol–water partition coefficient (Wildman–Crippen LogP) is -0.368. The molecular formula is C7H9N3O3S. The second-order valence-corrected chi connectivity index (χ2v) is 4.70. The number of hydroxylamine groups is 1. The normalized spacial score (nSPS) is 16.4. The third-order valence-corrected chi connectivity index (χ3v) is 3.25. The summed E-state index contributed by atoms with van der Waals surface area (Å²) < 4.78 is 24.6. The van der Waals surface area contributed by atoms with Gasteiger partial charge in [0.1, 0.15) is 5.88 Å². The Balaban J connectivity index is 2.17. The van der Waals surface area contributed by atoms with E-state index in [4.69, 9.17) is 4.84 Å². The summed E-state index contributed by atoms with van der Waals surface area (Å²) in [5.74, 6) is -0.178. The lowest BCUT2D eigenvalue weighted by molar-refractivity contribution is 0.113. The van der Waals surface area contributed by atoms with E-state index in [0.29, 0.717) is 0 Å². The van der Waals surface area contributed by atoms with Crippen LogP contribution in [0.1, 0.15) is 0 Å². The van der Waals surface area contributed by atoms with Crippen LogP contribution in [0.2, 0.25) is 0 Å². The third-order valence-electron chi connectivity index (χ3n) is 1.72. The zero-order valence-electron chi connectivity index (χ0n) is 7.25. The summed E-state index contributed by atoms with van der Waals surface area (Å²) in [7, 11) is -3.36. The number of aromatic nitrogens is 2. The molecule has 0 saturated heterocycles. The summed E-state index contributed by atoms with van der Waals surface area (Å²) in [6, 6.07) is 1.67. The molecule has 0 unspecified atom stereocenters. The van der Waals surface area contributed by atoms with Crippen LogP contribution in [0.15, 0.2) is 29.6 Å². The van der Waals surface area contributed by atoms with Crippen LogP contribution in [0, 0.1) is 0 Å². The van der Waals surface area contributed by atoms with Crippen LogP contribution < -0.4 is 5.48 Å². The molecule has 0 bridgehead atoms. The first-order valence-corrected chi connectivity index (χ1v) is 5.62. The van der Waals surface area contributed by atoms with E-state index in [1.54, 1.807) is 12.3 Å². The maximum absolute atomic E-state index is 11.6. The summed E-state index contributed by atoms with van der Waals surface area (Å²) in [6.07, 6.45) is 4.61. The smallest absolute Gasteiger partial charge is 0.215 e. The van der Waals surface area contributed by atoms with Crippen LogP contribution in [0.3, 0.4) is 0 Å². The van der Waals surface area contributed by atoms with Crippen LogP contribution >= 0.6 is 0 Å². The van der Waals surface area contributed by atoms with Gasteiger partial charge in [-0.3, -0.25) is 15.0 Å². The largest absolute Gasteiger partial charge is 0.271 e. The molecule has 2 rings (SSSR count). The third kappa shape index (κ3) is 1.78. The first kappa shape index (κ1) is 9.22. The van der Waals surface area contributed by atoms with E-state index in [-0.39, 0.29) is 17.5 Å². The number of nitrogens with zero attached hydrogens (tertiary/aromatic N) is 2. The lowest BCUT2D eigenvalue weighted by atomic mass is 10.7. The maximum Gasteiger partial charge on any atom is 0.215 e. The SMILES string of the molecule is O=S(=O)(Cn1cccn1)C1=CCON1. The second-order valence-electron chi connectivity index (χ2n) is 2.77. The minimum absolute atomic E-state index is 0.105. The topological polar surface area (TPSA) is 73.2 Å². The molecule has 14 heavy (non-hydrogen) atoms. The average molecular weight is 215 g/mol. The number of rotatable bonds is 3. The average Bonchev–Trinajstić information content (AvgIpc) is 2.71. The van der Waals surface area contributed by atoms with Crippen molar-refractivity contribution < 1.29 is 13.3 Å². The fraction of sp³-hybridized carbons (Fsp3) is 0.286. The molecule has 0 fully saturated rings. The van der Waals surface area contributed by atoms with E-state index in [0.717, 1.165) is 0 Å². The van der Waals surface area contributed by atoms with Gasteiger partial charge in [-0.25, -0.2) is 8.42 Å². The van der Waals surface area contributed by atoms with Gasteiger partial charge in [0, 0.05) is 12.4 Å². The van der Waals surface area contributed by atoms with Gasteiger partial charge < -0.3 is 0 Å². The van der Waals surface area contributed by atoms with E-state index in [1.165, 1.54) is 17.0 Å². The van der Waals surface area contributed by atoms with Gasteiger partial charge in [-0.05, 0) is 12.1 Å². The minimum Gasteiger partial charge on any atom is -0.271 e. The van der Waals surface area contributed by atoms with Crippen molar-refractivity contribution in [2.45, 2.75) is 5.88 Å². The molecule has 1 aliphatic rings. The van der Waals surface area contributed by atoms with Crippen molar-refractivity contribution in [2.75, 3.05) is 6.61 Å². The monoisotopic (exact) mass is 215 g/mol. The Hall–Kier alpha value is -1.34. The molecule has 0 saturated carbocycles. The standard InChI is InChI=1S/C7H9N3O3S/c11-14(12,7-2-5-13-9-7)6-10-4-1-3-8-10/h1-4,9H,5-6H2. The highest BCUT2D eigenvalue weighted by Crippen LogP contribution is 2.10. The van der Waals surface area contributed by atoms with E-state index in [2.05, 4.69) is 10.6 Å². The van der Waals surface area contributed by atoms with Gasteiger partial charge in [-0.2, -0.15) is 5.10 Å². The Kier molecular flexibility index (Phi) is 2.26. The molecule has 1 aliphatic heterocycles. The molecular weight excluding hydrogens is 206 g/mol. The number of hydrogen-bond donors (Lipinski definition) is 1. The fourth-order valence-electron chi connectivity index (χ4n) is 1.08. The summed E-state index contributed by atoms with van der Waals surface area (Å²) in [4.78, 5) is 4.71. The summed E-state index contributed by atoms with van der Waals surface area (Å²) in [5, 5.41) is 3.92. The quantitative estimate of drug-likeness (QED) is 0.744.